The molecule has 0 aliphatic carbocycles. The molecule has 1 aromatic heterocycles. The summed E-state index contributed by atoms with van der Waals surface area (Å²) in [5.41, 5.74) is 1.68. The molecule has 1 aliphatic heterocycles. The van der Waals surface area contributed by atoms with Crippen LogP contribution in [0.3, 0.4) is 0 Å². The maximum Gasteiger partial charge on any atom is 0.161 e. The van der Waals surface area contributed by atoms with Gasteiger partial charge in [0.1, 0.15) is 11.4 Å². The van der Waals surface area contributed by atoms with E-state index in [2.05, 4.69) is 29.3 Å². The van der Waals surface area contributed by atoms with Gasteiger partial charge in [-0.05, 0) is 49.6 Å². The number of nitrogens with zero attached hydrogens (tertiary/aromatic N) is 1. The molecule has 0 atom stereocenters. The van der Waals surface area contributed by atoms with Crippen molar-refractivity contribution in [2.24, 2.45) is 0 Å². The normalized spacial score (nSPS) is 15.2. The molecule has 0 fully saturated rings. The van der Waals surface area contributed by atoms with Gasteiger partial charge in [-0.2, -0.15) is 0 Å². The lowest BCUT2D eigenvalue weighted by atomic mass is 9.99. The Hall–Kier alpha value is -2.75. The van der Waals surface area contributed by atoms with Crippen LogP contribution in [0.5, 0.6) is 17.2 Å². The molecule has 2 aromatic carbocycles. The highest BCUT2D eigenvalue weighted by molar-refractivity contribution is 6.07. The topological polar surface area (TPSA) is 40.6 Å². The van der Waals surface area contributed by atoms with E-state index in [9.17, 15) is 0 Å². The van der Waals surface area contributed by atoms with E-state index < -0.39 is 0 Å². The molecule has 0 bridgehead atoms. The first kappa shape index (κ1) is 14.8. The predicted octanol–water partition coefficient (Wildman–Crippen LogP) is 4.59. The lowest BCUT2D eigenvalue weighted by Crippen LogP contribution is -2.27. The van der Waals surface area contributed by atoms with Gasteiger partial charge in [-0.3, -0.25) is 4.98 Å². The number of pyridine rings is 1. The average molecular weight is 321 g/mol. The van der Waals surface area contributed by atoms with Crippen LogP contribution in [0.15, 0.2) is 36.5 Å². The summed E-state index contributed by atoms with van der Waals surface area (Å²) in [6, 6.07) is 8.07. The van der Waals surface area contributed by atoms with E-state index in [1.165, 1.54) is 0 Å². The van der Waals surface area contributed by atoms with Gasteiger partial charge in [-0.25, -0.2) is 0 Å². The molecule has 4 nitrogen and oxygen atoms in total. The fourth-order valence-corrected chi connectivity index (χ4v) is 3.11. The Morgan fingerprint density at radius 1 is 0.958 bits per heavy atom. The summed E-state index contributed by atoms with van der Waals surface area (Å²) in [7, 11) is 3.28. The van der Waals surface area contributed by atoms with Gasteiger partial charge in [-0.15, -0.1) is 0 Å². The van der Waals surface area contributed by atoms with Gasteiger partial charge in [0.05, 0.1) is 19.7 Å². The zero-order valence-electron chi connectivity index (χ0n) is 14.2. The van der Waals surface area contributed by atoms with E-state index in [4.69, 9.17) is 14.2 Å². The SMILES string of the molecule is COc1cc2cnc3cc4c(cc3c2cc1OC)OC(C)(C)C=C4. The minimum Gasteiger partial charge on any atom is -0.493 e. The van der Waals surface area contributed by atoms with Gasteiger partial charge in [0.25, 0.3) is 0 Å². The highest BCUT2D eigenvalue weighted by Gasteiger charge is 2.22. The van der Waals surface area contributed by atoms with Crippen LogP contribution in [0.2, 0.25) is 0 Å². The monoisotopic (exact) mass is 321 g/mol. The lowest BCUT2D eigenvalue weighted by molar-refractivity contribution is 0.159. The number of methoxy groups -OCH3 is 2. The Bertz CT molecular complexity index is 989. The van der Waals surface area contributed by atoms with Crippen LogP contribution in [0, 0.1) is 0 Å². The molecule has 4 heteroatoms. The minimum absolute atomic E-state index is 0.306. The quantitative estimate of drug-likeness (QED) is 0.647. The number of hydrogen-bond donors (Lipinski definition) is 0. The third kappa shape index (κ3) is 2.26. The second kappa shape index (κ2) is 5.13. The second-order valence-electron chi connectivity index (χ2n) is 6.50. The molecular formula is C20H19NO3. The van der Waals surface area contributed by atoms with Crippen LogP contribution in [0.1, 0.15) is 19.4 Å². The molecular weight excluding hydrogens is 302 g/mol. The molecule has 0 saturated carbocycles. The Morgan fingerprint density at radius 2 is 1.71 bits per heavy atom. The van der Waals surface area contributed by atoms with Crippen LogP contribution in [-0.4, -0.2) is 24.8 Å². The molecule has 0 N–H and O–H groups in total. The van der Waals surface area contributed by atoms with E-state index in [1.54, 1.807) is 14.2 Å². The first-order chi connectivity index (χ1) is 11.5. The molecule has 122 valence electrons. The second-order valence-corrected chi connectivity index (χ2v) is 6.50. The van der Waals surface area contributed by atoms with E-state index in [0.29, 0.717) is 11.5 Å². The summed E-state index contributed by atoms with van der Waals surface area (Å²) in [5.74, 6) is 2.28. The Kier molecular flexibility index (Phi) is 3.17. The first-order valence-electron chi connectivity index (χ1n) is 7.87. The summed E-state index contributed by atoms with van der Waals surface area (Å²) in [6.45, 7) is 4.09. The molecule has 4 rings (SSSR count). The molecule has 0 amide bonds. The average Bonchev–Trinajstić information content (AvgIpc) is 2.58. The van der Waals surface area contributed by atoms with Crippen molar-refractivity contribution < 1.29 is 14.2 Å². The number of hydrogen-bond acceptors (Lipinski definition) is 4. The summed E-state index contributed by atoms with van der Waals surface area (Å²) in [4.78, 5) is 4.60. The Morgan fingerprint density at radius 3 is 2.46 bits per heavy atom. The molecule has 0 spiro atoms. The smallest absolute Gasteiger partial charge is 0.161 e. The summed E-state index contributed by atoms with van der Waals surface area (Å²) >= 11 is 0. The van der Waals surface area contributed by atoms with Gasteiger partial charge < -0.3 is 14.2 Å². The Labute approximate surface area is 140 Å². The third-order valence-electron chi connectivity index (χ3n) is 4.35. The van der Waals surface area contributed by atoms with Gasteiger partial charge in [0.2, 0.25) is 0 Å². The van der Waals surface area contributed by atoms with Gasteiger partial charge in [-0.1, -0.05) is 6.08 Å². The molecule has 0 radical (unpaired) electrons. The number of benzene rings is 2. The van der Waals surface area contributed by atoms with Crippen molar-refractivity contribution in [3.05, 3.63) is 42.1 Å². The molecule has 0 saturated heterocycles. The zero-order chi connectivity index (χ0) is 16.9. The van der Waals surface area contributed by atoms with Crippen molar-refractivity contribution in [2.45, 2.75) is 19.4 Å². The van der Waals surface area contributed by atoms with E-state index >= 15 is 0 Å². The number of fused-ring (bicyclic) bond motifs is 4. The Balaban J connectivity index is 2.02. The van der Waals surface area contributed by atoms with Crippen LogP contribution in [0.4, 0.5) is 0 Å². The predicted molar refractivity (Wildman–Crippen MR) is 96.1 cm³/mol. The summed E-state index contributed by atoms with van der Waals surface area (Å²) < 4.78 is 16.9. The van der Waals surface area contributed by atoms with Gasteiger partial charge in [0, 0.05) is 22.5 Å². The standard InChI is InChI=1S/C20H19NO3/c1-20(2)6-5-12-7-16-15(10-17(12)24-20)14-9-19(23-4)18(22-3)8-13(14)11-21-16/h5-11H,1-4H3. The number of aromatic nitrogens is 1. The zero-order valence-corrected chi connectivity index (χ0v) is 14.2. The number of rotatable bonds is 2. The van der Waals surface area contributed by atoms with Gasteiger partial charge >= 0.3 is 0 Å². The fraction of sp³-hybridized carbons (Fsp3) is 0.250. The minimum atomic E-state index is -0.306. The summed E-state index contributed by atoms with van der Waals surface area (Å²) in [5, 5.41) is 3.11. The highest BCUT2D eigenvalue weighted by Crippen LogP contribution is 2.39. The maximum atomic E-state index is 6.11. The van der Waals surface area contributed by atoms with Crippen molar-refractivity contribution in [3.8, 4) is 17.2 Å². The molecule has 2 heterocycles. The van der Waals surface area contributed by atoms with Crippen molar-refractivity contribution in [2.75, 3.05) is 14.2 Å². The lowest BCUT2D eigenvalue weighted by Gasteiger charge is -2.28. The molecule has 3 aromatic rings. The number of ether oxygens (including phenoxy) is 3. The molecule has 0 unspecified atom stereocenters. The van der Waals surface area contributed by atoms with E-state index in [0.717, 1.165) is 33.0 Å². The molecule has 24 heavy (non-hydrogen) atoms. The van der Waals surface area contributed by atoms with E-state index in [1.807, 2.05) is 32.2 Å². The van der Waals surface area contributed by atoms with Crippen molar-refractivity contribution in [1.29, 1.82) is 0 Å². The van der Waals surface area contributed by atoms with Crippen LogP contribution < -0.4 is 14.2 Å². The summed E-state index contributed by atoms with van der Waals surface area (Å²) in [6.07, 6.45) is 6.03. The fourth-order valence-electron chi connectivity index (χ4n) is 3.11. The van der Waals surface area contributed by atoms with Gasteiger partial charge in [0.15, 0.2) is 11.5 Å². The molecule has 1 aliphatic rings. The van der Waals surface area contributed by atoms with Crippen LogP contribution in [-0.2, 0) is 0 Å². The third-order valence-corrected chi connectivity index (χ3v) is 4.35. The van der Waals surface area contributed by atoms with Crippen LogP contribution >= 0.6 is 0 Å². The maximum absolute atomic E-state index is 6.11. The van der Waals surface area contributed by atoms with Crippen molar-refractivity contribution in [1.82, 2.24) is 4.98 Å². The first-order valence-corrected chi connectivity index (χ1v) is 7.87. The van der Waals surface area contributed by atoms with Crippen molar-refractivity contribution in [3.63, 3.8) is 0 Å². The van der Waals surface area contributed by atoms with Crippen LogP contribution in [0.25, 0.3) is 27.8 Å². The van der Waals surface area contributed by atoms with Crippen molar-refractivity contribution >= 4 is 27.8 Å². The highest BCUT2D eigenvalue weighted by atomic mass is 16.5. The largest absolute Gasteiger partial charge is 0.493 e. The van der Waals surface area contributed by atoms with E-state index in [-0.39, 0.29) is 5.60 Å².